The van der Waals surface area contributed by atoms with Crippen molar-refractivity contribution in [2.24, 2.45) is 0 Å². The first kappa shape index (κ1) is 16.1. The third kappa shape index (κ3) is 6.30. The zero-order valence-corrected chi connectivity index (χ0v) is 13.2. The van der Waals surface area contributed by atoms with Crippen LogP contribution in [0.1, 0.15) is 13.8 Å². The Labute approximate surface area is 123 Å². The van der Waals surface area contributed by atoms with E-state index in [1.807, 2.05) is 33.0 Å². The van der Waals surface area contributed by atoms with Gasteiger partial charge in [-0.1, -0.05) is 23.2 Å². The summed E-state index contributed by atoms with van der Waals surface area (Å²) in [6, 6.07) is 5.48. The van der Waals surface area contributed by atoms with Crippen molar-refractivity contribution in [3.63, 3.8) is 0 Å². The zero-order valence-electron chi connectivity index (χ0n) is 10.9. The van der Waals surface area contributed by atoms with Crippen LogP contribution in [0.2, 0.25) is 10.0 Å². The summed E-state index contributed by atoms with van der Waals surface area (Å²) in [6.45, 7) is 5.16. The molecule has 0 radical (unpaired) electrons. The molecule has 0 saturated carbocycles. The predicted octanol–water partition coefficient (Wildman–Crippen LogP) is 3.79. The number of hydrogen-bond donors (Lipinski definition) is 1. The second kappa shape index (κ2) is 7.01. The number of halogens is 2. The van der Waals surface area contributed by atoms with Crippen LogP contribution < -0.4 is 0 Å². The lowest BCUT2D eigenvalue weighted by atomic mass is 10.1. The molecule has 0 saturated heterocycles. The lowest BCUT2D eigenvalue weighted by molar-refractivity contribution is 0.0465. The van der Waals surface area contributed by atoms with E-state index in [9.17, 15) is 5.11 Å². The number of aliphatic hydroxyl groups is 1. The van der Waals surface area contributed by atoms with Crippen LogP contribution in [0.4, 0.5) is 0 Å². The smallest absolute Gasteiger partial charge is 0.0718 e. The largest absolute Gasteiger partial charge is 0.389 e. The lowest BCUT2D eigenvalue weighted by Crippen LogP contribution is -2.37. The minimum atomic E-state index is -0.660. The second-order valence-electron chi connectivity index (χ2n) is 4.97. The fourth-order valence-corrected chi connectivity index (χ4v) is 3.20. The number of benzene rings is 1. The van der Waals surface area contributed by atoms with Gasteiger partial charge >= 0.3 is 0 Å². The molecule has 0 aliphatic rings. The number of likely N-dealkylation sites (N-methyl/N-ethyl adjacent to an activating group) is 1. The molecule has 5 heteroatoms. The summed E-state index contributed by atoms with van der Waals surface area (Å²) in [5.74, 6) is 0.909. The summed E-state index contributed by atoms with van der Waals surface area (Å²) in [6.07, 6.45) is 0. The number of rotatable bonds is 6. The Morgan fingerprint density at radius 3 is 2.61 bits per heavy atom. The third-order valence-corrected chi connectivity index (χ3v) is 3.99. The van der Waals surface area contributed by atoms with Crippen LogP contribution >= 0.6 is 35.0 Å². The van der Waals surface area contributed by atoms with Crippen molar-refractivity contribution in [2.45, 2.75) is 24.3 Å². The third-order valence-electron chi connectivity index (χ3n) is 2.28. The fraction of sp³-hybridized carbons (Fsp3) is 0.538. The molecule has 0 unspecified atom stereocenters. The van der Waals surface area contributed by atoms with E-state index in [0.29, 0.717) is 11.6 Å². The molecule has 102 valence electrons. The van der Waals surface area contributed by atoms with E-state index in [4.69, 9.17) is 23.2 Å². The maximum absolute atomic E-state index is 9.70. The summed E-state index contributed by atoms with van der Waals surface area (Å²) < 4.78 is 0. The first-order chi connectivity index (χ1) is 8.28. The van der Waals surface area contributed by atoms with Crippen LogP contribution in [0.15, 0.2) is 23.1 Å². The van der Waals surface area contributed by atoms with Crippen LogP contribution in [0.5, 0.6) is 0 Å². The lowest BCUT2D eigenvalue weighted by Gasteiger charge is -2.25. The standard InChI is InChI=1S/C13H19Cl2NOS/c1-13(2,17)9-16(3)6-7-18-12-8-10(14)4-5-11(12)15/h4-5,8,17H,6-7,9H2,1-3H3. The first-order valence-electron chi connectivity index (χ1n) is 5.77. The summed E-state index contributed by atoms with van der Waals surface area (Å²) >= 11 is 13.7. The van der Waals surface area contributed by atoms with Crippen LogP contribution in [-0.4, -0.2) is 41.5 Å². The minimum Gasteiger partial charge on any atom is -0.389 e. The first-order valence-corrected chi connectivity index (χ1v) is 7.51. The maximum atomic E-state index is 9.70. The highest BCUT2D eigenvalue weighted by molar-refractivity contribution is 7.99. The molecule has 1 rings (SSSR count). The van der Waals surface area contributed by atoms with Gasteiger partial charge in [0.2, 0.25) is 0 Å². The summed E-state index contributed by atoms with van der Waals surface area (Å²) in [5, 5.41) is 11.1. The molecule has 0 heterocycles. The van der Waals surface area contributed by atoms with E-state index in [-0.39, 0.29) is 0 Å². The van der Waals surface area contributed by atoms with E-state index < -0.39 is 5.60 Å². The van der Waals surface area contributed by atoms with Crippen molar-refractivity contribution >= 4 is 35.0 Å². The second-order valence-corrected chi connectivity index (χ2v) is 6.95. The Kier molecular flexibility index (Phi) is 6.28. The fourth-order valence-electron chi connectivity index (χ4n) is 1.64. The van der Waals surface area contributed by atoms with Crippen molar-refractivity contribution in [3.8, 4) is 0 Å². The van der Waals surface area contributed by atoms with E-state index in [1.54, 1.807) is 17.8 Å². The number of thioether (sulfide) groups is 1. The molecule has 0 amide bonds. The molecule has 0 aliphatic heterocycles. The summed E-state index contributed by atoms with van der Waals surface area (Å²) in [7, 11) is 2.00. The van der Waals surface area contributed by atoms with Crippen molar-refractivity contribution in [2.75, 3.05) is 25.9 Å². The average Bonchev–Trinajstić information content (AvgIpc) is 2.20. The molecule has 1 aromatic carbocycles. The molecule has 0 atom stereocenters. The van der Waals surface area contributed by atoms with Gasteiger partial charge in [-0.2, -0.15) is 0 Å². The Hall–Kier alpha value is 0.0700. The van der Waals surface area contributed by atoms with Gasteiger partial charge in [-0.3, -0.25) is 0 Å². The summed E-state index contributed by atoms with van der Waals surface area (Å²) in [4.78, 5) is 3.10. The normalized spacial score (nSPS) is 12.2. The molecule has 2 nitrogen and oxygen atoms in total. The Morgan fingerprint density at radius 2 is 2.00 bits per heavy atom. The van der Waals surface area contributed by atoms with Crippen molar-refractivity contribution in [3.05, 3.63) is 28.2 Å². The van der Waals surface area contributed by atoms with E-state index >= 15 is 0 Å². The average molecular weight is 308 g/mol. The van der Waals surface area contributed by atoms with Crippen LogP contribution in [0.3, 0.4) is 0 Å². The Balaban J connectivity index is 2.40. The minimum absolute atomic E-state index is 0.650. The van der Waals surface area contributed by atoms with E-state index in [2.05, 4.69) is 4.90 Å². The van der Waals surface area contributed by atoms with Crippen molar-refractivity contribution in [1.82, 2.24) is 4.90 Å². The highest BCUT2D eigenvalue weighted by atomic mass is 35.5. The SMILES string of the molecule is CN(CCSc1cc(Cl)ccc1Cl)CC(C)(C)O. The predicted molar refractivity (Wildman–Crippen MR) is 81.0 cm³/mol. The van der Waals surface area contributed by atoms with Gasteiger partial charge in [-0.25, -0.2) is 0 Å². The molecule has 0 fully saturated rings. The maximum Gasteiger partial charge on any atom is 0.0718 e. The topological polar surface area (TPSA) is 23.5 Å². The molecule has 1 N–H and O–H groups in total. The van der Waals surface area contributed by atoms with Crippen molar-refractivity contribution in [1.29, 1.82) is 0 Å². The van der Waals surface area contributed by atoms with Crippen molar-refractivity contribution < 1.29 is 5.11 Å². The van der Waals surface area contributed by atoms with Gasteiger partial charge in [0.15, 0.2) is 0 Å². The monoisotopic (exact) mass is 307 g/mol. The molecule has 0 aromatic heterocycles. The van der Waals surface area contributed by atoms with E-state index in [1.165, 1.54) is 0 Å². The van der Waals surface area contributed by atoms with Gasteiger partial charge < -0.3 is 10.0 Å². The molecule has 0 aliphatic carbocycles. The highest BCUT2D eigenvalue weighted by Crippen LogP contribution is 2.29. The molecule has 0 spiro atoms. The molecule has 0 bridgehead atoms. The molecule has 1 aromatic rings. The number of hydrogen-bond acceptors (Lipinski definition) is 3. The van der Waals surface area contributed by atoms with Crippen LogP contribution in [-0.2, 0) is 0 Å². The molecular formula is C13H19Cl2NOS. The summed E-state index contributed by atoms with van der Waals surface area (Å²) in [5.41, 5.74) is -0.660. The van der Waals surface area contributed by atoms with Gasteiger partial charge in [-0.15, -0.1) is 11.8 Å². The highest BCUT2D eigenvalue weighted by Gasteiger charge is 2.15. The molecular weight excluding hydrogens is 289 g/mol. The van der Waals surface area contributed by atoms with Crippen LogP contribution in [0.25, 0.3) is 0 Å². The van der Waals surface area contributed by atoms with Gasteiger partial charge in [0, 0.05) is 28.8 Å². The van der Waals surface area contributed by atoms with Crippen LogP contribution in [0, 0.1) is 0 Å². The van der Waals surface area contributed by atoms with Gasteiger partial charge in [0.1, 0.15) is 0 Å². The van der Waals surface area contributed by atoms with Gasteiger partial charge in [-0.05, 0) is 39.1 Å². The quantitative estimate of drug-likeness (QED) is 0.809. The Morgan fingerprint density at radius 1 is 1.33 bits per heavy atom. The Bertz CT molecular complexity index is 393. The van der Waals surface area contributed by atoms with Gasteiger partial charge in [0.05, 0.1) is 10.6 Å². The zero-order chi connectivity index (χ0) is 13.8. The number of nitrogens with zero attached hydrogens (tertiary/aromatic N) is 1. The van der Waals surface area contributed by atoms with E-state index in [0.717, 1.165) is 22.2 Å². The molecule has 18 heavy (non-hydrogen) atoms. The van der Waals surface area contributed by atoms with Gasteiger partial charge in [0.25, 0.3) is 0 Å².